The van der Waals surface area contributed by atoms with Crippen LogP contribution in [0.4, 0.5) is 0 Å². The highest BCUT2D eigenvalue weighted by atomic mass is 16.4. The highest BCUT2D eigenvalue weighted by molar-refractivity contribution is 5.90. The normalized spacial score (nSPS) is 12.9. The number of amides is 2. The van der Waals surface area contributed by atoms with Crippen molar-refractivity contribution < 1.29 is 19.5 Å². The largest absolute Gasteiger partial charge is 0.480 e. The summed E-state index contributed by atoms with van der Waals surface area (Å²) in [5.41, 5.74) is 0.895. The van der Waals surface area contributed by atoms with E-state index in [1.807, 2.05) is 30.3 Å². The van der Waals surface area contributed by atoms with Gasteiger partial charge in [0, 0.05) is 13.3 Å². The van der Waals surface area contributed by atoms with Crippen LogP contribution in [-0.4, -0.2) is 35.0 Å². The van der Waals surface area contributed by atoms with Crippen LogP contribution in [0.2, 0.25) is 0 Å². The van der Waals surface area contributed by atoms with Gasteiger partial charge < -0.3 is 15.7 Å². The fraction of sp³-hybridized carbons (Fsp3) is 0.526. The molecule has 1 aromatic carbocycles. The monoisotopic (exact) mass is 348 g/mol. The van der Waals surface area contributed by atoms with Crippen LogP contribution in [0.1, 0.15) is 51.5 Å². The van der Waals surface area contributed by atoms with E-state index in [0.29, 0.717) is 12.8 Å². The van der Waals surface area contributed by atoms with Crippen molar-refractivity contribution in [2.45, 2.75) is 64.5 Å². The molecule has 0 aromatic heterocycles. The van der Waals surface area contributed by atoms with Gasteiger partial charge in [0.05, 0.1) is 0 Å². The zero-order valence-electron chi connectivity index (χ0n) is 15.0. The third-order valence-electron chi connectivity index (χ3n) is 3.94. The van der Waals surface area contributed by atoms with Crippen molar-refractivity contribution in [2.75, 3.05) is 0 Å². The Kier molecular flexibility index (Phi) is 9.29. The number of carbonyl (C=O) groups is 3. The van der Waals surface area contributed by atoms with Crippen LogP contribution in [0.25, 0.3) is 0 Å². The summed E-state index contributed by atoms with van der Waals surface area (Å²) in [4.78, 5) is 35.3. The number of hydrogen-bond acceptors (Lipinski definition) is 3. The van der Waals surface area contributed by atoms with E-state index in [0.717, 1.165) is 31.2 Å². The Balaban J connectivity index is 2.70. The van der Waals surface area contributed by atoms with E-state index in [9.17, 15) is 19.5 Å². The van der Waals surface area contributed by atoms with Crippen LogP contribution in [0.3, 0.4) is 0 Å². The van der Waals surface area contributed by atoms with Crippen molar-refractivity contribution in [3.05, 3.63) is 35.9 Å². The summed E-state index contributed by atoms with van der Waals surface area (Å²) in [6, 6.07) is 7.57. The van der Waals surface area contributed by atoms with Crippen molar-refractivity contribution >= 4 is 17.8 Å². The Morgan fingerprint density at radius 3 is 2.24 bits per heavy atom. The van der Waals surface area contributed by atoms with Gasteiger partial charge in [-0.15, -0.1) is 0 Å². The van der Waals surface area contributed by atoms with Crippen LogP contribution in [-0.2, 0) is 20.8 Å². The quantitative estimate of drug-likeness (QED) is 0.535. The first kappa shape index (κ1) is 20.7. The molecular formula is C19H28N2O4. The molecule has 25 heavy (non-hydrogen) atoms. The number of benzene rings is 1. The average molecular weight is 348 g/mol. The van der Waals surface area contributed by atoms with E-state index in [1.165, 1.54) is 6.92 Å². The average Bonchev–Trinajstić information content (AvgIpc) is 2.57. The summed E-state index contributed by atoms with van der Waals surface area (Å²) in [5, 5.41) is 14.5. The molecular weight excluding hydrogens is 320 g/mol. The topological polar surface area (TPSA) is 95.5 Å². The summed E-state index contributed by atoms with van der Waals surface area (Å²) in [6.45, 7) is 3.42. The number of carboxylic acids is 1. The third-order valence-corrected chi connectivity index (χ3v) is 3.94. The Labute approximate surface area is 149 Å². The minimum atomic E-state index is -1.05. The molecule has 0 spiro atoms. The van der Waals surface area contributed by atoms with Gasteiger partial charge in [-0.2, -0.15) is 0 Å². The van der Waals surface area contributed by atoms with Crippen molar-refractivity contribution in [3.63, 3.8) is 0 Å². The molecule has 138 valence electrons. The molecule has 1 rings (SSSR count). The molecule has 0 aliphatic rings. The minimum Gasteiger partial charge on any atom is -0.480 e. The van der Waals surface area contributed by atoms with E-state index in [1.54, 1.807) is 0 Å². The van der Waals surface area contributed by atoms with E-state index in [-0.39, 0.29) is 5.91 Å². The molecule has 0 aliphatic carbocycles. The Morgan fingerprint density at radius 1 is 1.00 bits per heavy atom. The van der Waals surface area contributed by atoms with Crippen LogP contribution in [0.15, 0.2) is 30.3 Å². The maximum absolute atomic E-state index is 12.5. The van der Waals surface area contributed by atoms with Crippen LogP contribution < -0.4 is 10.6 Å². The van der Waals surface area contributed by atoms with Gasteiger partial charge in [-0.25, -0.2) is 4.79 Å². The summed E-state index contributed by atoms with van der Waals surface area (Å²) in [7, 11) is 0. The van der Waals surface area contributed by atoms with Gasteiger partial charge in [0.2, 0.25) is 11.8 Å². The third kappa shape index (κ3) is 8.33. The number of nitrogens with one attached hydrogen (secondary N) is 2. The van der Waals surface area contributed by atoms with Gasteiger partial charge in [-0.1, -0.05) is 62.9 Å². The second-order valence-electron chi connectivity index (χ2n) is 6.19. The number of carboxylic acid groups (broad SMARTS) is 1. The summed E-state index contributed by atoms with van der Waals surface area (Å²) in [6.07, 6.45) is 4.49. The number of aliphatic carboxylic acids is 1. The number of rotatable bonds is 11. The number of carbonyl (C=O) groups excluding carboxylic acids is 2. The zero-order chi connectivity index (χ0) is 18.7. The molecule has 1 aromatic rings. The first-order valence-corrected chi connectivity index (χ1v) is 8.78. The molecule has 6 heteroatoms. The zero-order valence-corrected chi connectivity index (χ0v) is 15.0. The van der Waals surface area contributed by atoms with Crippen LogP contribution in [0, 0.1) is 0 Å². The predicted molar refractivity (Wildman–Crippen MR) is 96.1 cm³/mol. The fourth-order valence-electron chi connectivity index (χ4n) is 2.61. The lowest BCUT2D eigenvalue weighted by molar-refractivity contribution is -0.142. The Bertz CT molecular complexity index is 560. The maximum atomic E-state index is 12.5. The standard InChI is InChI=1S/C19H28N2O4/c1-3-4-5-9-12-16(19(24)25)21-18(23)17(20-14(2)22)13-15-10-7-6-8-11-15/h6-8,10-11,16-17H,3-5,9,12-13H2,1-2H3,(H,20,22)(H,21,23)(H,24,25)/t16-,17+/m0/s1. The smallest absolute Gasteiger partial charge is 0.326 e. The lowest BCUT2D eigenvalue weighted by Crippen LogP contribution is -2.52. The second-order valence-corrected chi connectivity index (χ2v) is 6.19. The van der Waals surface area contributed by atoms with Crippen molar-refractivity contribution in [2.24, 2.45) is 0 Å². The molecule has 0 bridgehead atoms. The van der Waals surface area contributed by atoms with Crippen LogP contribution in [0.5, 0.6) is 0 Å². The highest BCUT2D eigenvalue weighted by Gasteiger charge is 2.25. The molecule has 6 nitrogen and oxygen atoms in total. The van der Waals surface area contributed by atoms with Gasteiger partial charge in [-0.3, -0.25) is 9.59 Å². The van der Waals surface area contributed by atoms with Gasteiger partial charge >= 0.3 is 5.97 Å². The van der Waals surface area contributed by atoms with E-state index in [2.05, 4.69) is 17.6 Å². The van der Waals surface area contributed by atoms with Crippen molar-refractivity contribution in [1.82, 2.24) is 10.6 Å². The Morgan fingerprint density at radius 2 is 1.68 bits per heavy atom. The highest BCUT2D eigenvalue weighted by Crippen LogP contribution is 2.08. The predicted octanol–water partition coefficient (Wildman–Crippen LogP) is 2.27. The number of unbranched alkanes of at least 4 members (excludes halogenated alkanes) is 3. The lowest BCUT2D eigenvalue weighted by atomic mass is 10.0. The molecule has 0 saturated carbocycles. The lowest BCUT2D eigenvalue weighted by Gasteiger charge is -2.21. The maximum Gasteiger partial charge on any atom is 0.326 e. The first-order chi connectivity index (χ1) is 11.9. The molecule has 2 amide bonds. The van der Waals surface area contributed by atoms with E-state index in [4.69, 9.17) is 0 Å². The van der Waals surface area contributed by atoms with E-state index < -0.39 is 24.0 Å². The summed E-state index contributed by atoms with van der Waals surface area (Å²) >= 11 is 0. The molecule has 0 radical (unpaired) electrons. The molecule has 3 N–H and O–H groups in total. The van der Waals surface area contributed by atoms with Gasteiger partial charge in [-0.05, 0) is 12.0 Å². The molecule has 0 aliphatic heterocycles. The van der Waals surface area contributed by atoms with E-state index >= 15 is 0 Å². The van der Waals surface area contributed by atoms with Crippen molar-refractivity contribution in [1.29, 1.82) is 0 Å². The SMILES string of the molecule is CCCCCC[C@H](NC(=O)[C@@H](Cc1ccccc1)NC(C)=O)C(=O)O. The second kappa shape index (κ2) is 11.2. The Hall–Kier alpha value is -2.37. The molecule has 0 heterocycles. The molecule has 2 atom stereocenters. The molecule has 0 saturated heterocycles. The van der Waals surface area contributed by atoms with Gasteiger partial charge in [0.1, 0.15) is 12.1 Å². The van der Waals surface area contributed by atoms with Crippen LogP contribution >= 0.6 is 0 Å². The minimum absolute atomic E-state index is 0.314. The first-order valence-electron chi connectivity index (χ1n) is 8.78. The van der Waals surface area contributed by atoms with Gasteiger partial charge in [0.15, 0.2) is 0 Å². The summed E-state index contributed by atoms with van der Waals surface area (Å²) < 4.78 is 0. The van der Waals surface area contributed by atoms with Gasteiger partial charge in [0.25, 0.3) is 0 Å². The van der Waals surface area contributed by atoms with Crippen molar-refractivity contribution in [3.8, 4) is 0 Å². The summed E-state index contributed by atoms with van der Waals surface area (Å²) in [5.74, 6) is -1.85. The fourth-order valence-corrected chi connectivity index (χ4v) is 2.61. The molecule has 0 unspecified atom stereocenters. The molecule has 0 fully saturated rings. The number of hydrogen-bond donors (Lipinski definition) is 3.